The predicted octanol–water partition coefficient (Wildman–Crippen LogP) is 8.43. The quantitative estimate of drug-likeness (QED) is 0.215. The molecule has 42 heavy (non-hydrogen) atoms. The highest BCUT2D eigenvalue weighted by Gasteiger charge is 2.44. The van der Waals surface area contributed by atoms with Crippen molar-refractivity contribution in [2.45, 2.75) is 26.3 Å². The summed E-state index contributed by atoms with van der Waals surface area (Å²) in [6.07, 6.45) is -2.10. The van der Waals surface area contributed by atoms with Crippen molar-refractivity contribution in [1.82, 2.24) is 5.09 Å². The van der Waals surface area contributed by atoms with Gasteiger partial charge < -0.3 is 13.8 Å². The Kier molecular flexibility index (Phi) is 8.34. The highest BCUT2D eigenvalue weighted by Crippen LogP contribution is 2.66. The Morgan fingerprint density at radius 3 is 2.00 bits per heavy atom. The van der Waals surface area contributed by atoms with E-state index in [0.29, 0.717) is 47.0 Å². The molecule has 0 amide bonds. The van der Waals surface area contributed by atoms with Gasteiger partial charge in [0, 0.05) is 39.1 Å². The molecule has 0 saturated carbocycles. The molecule has 0 aromatic heterocycles. The molecule has 1 fully saturated rings. The van der Waals surface area contributed by atoms with Crippen molar-refractivity contribution in [3.8, 4) is 5.75 Å². The van der Waals surface area contributed by atoms with Crippen molar-refractivity contribution >= 4 is 53.1 Å². The minimum Gasteiger partial charge on any atom is -0.460 e. The minimum absolute atomic E-state index is 0.230. The Bertz CT molecular complexity index is 1650. The van der Waals surface area contributed by atoms with Gasteiger partial charge in [-0.15, -0.1) is 0 Å². The average molecular weight is 636 g/mol. The van der Waals surface area contributed by atoms with Crippen LogP contribution < -0.4 is 20.4 Å². The minimum atomic E-state index is -3.75. The van der Waals surface area contributed by atoms with Crippen LogP contribution in [0.3, 0.4) is 0 Å². The van der Waals surface area contributed by atoms with Crippen LogP contribution in [0.4, 0.5) is 0 Å². The van der Waals surface area contributed by atoms with Crippen LogP contribution in [0.5, 0.6) is 5.75 Å². The van der Waals surface area contributed by atoms with Gasteiger partial charge in [-0.05, 0) is 23.8 Å². The highest BCUT2D eigenvalue weighted by atomic mass is 35.5. The van der Waals surface area contributed by atoms with E-state index in [0.717, 1.165) is 16.2 Å². The van der Waals surface area contributed by atoms with Gasteiger partial charge >= 0.3 is 7.60 Å². The second-order valence-electron chi connectivity index (χ2n) is 11.3. The lowest BCUT2D eigenvalue weighted by atomic mass is 9.97. The maximum Gasteiger partial charge on any atom is 0.365 e. The summed E-state index contributed by atoms with van der Waals surface area (Å²) in [6.45, 7) is 4.66. The van der Waals surface area contributed by atoms with Crippen LogP contribution in [0.2, 0.25) is 5.02 Å². The number of hydrogen-bond acceptors (Lipinski definition) is 5. The van der Waals surface area contributed by atoms with Crippen molar-refractivity contribution in [3.05, 3.63) is 131 Å². The van der Waals surface area contributed by atoms with Gasteiger partial charge in [-0.3, -0.25) is 9.65 Å². The van der Waals surface area contributed by atoms with Gasteiger partial charge in [0.15, 0.2) is 0 Å². The molecule has 1 saturated heterocycles. The number of benzene rings is 4. The number of rotatable bonds is 6. The smallest absolute Gasteiger partial charge is 0.365 e. The first kappa shape index (κ1) is 29.5. The topological polar surface area (TPSA) is 56.8 Å². The molecular formula is C33H32ClNO4P2S. The zero-order valence-corrected chi connectivity index (χ0v) is 26.8. The lowest BCUT2D eigenvalue weighted by Crippen LogP contribution is -2.33. The molecule has 0 spiro atoms. The van der Waals surface area contributed by atoms with E-state index >= 15 is 0 Å². The van der Waals surface area contributed by atoms with Crippen molar-refractivity contribution in [2.75, 3.05) is 13.2 Å². The van der Waals surface area contributed by atoms with Crippen LogP contribution in [-0.4, -0.2) is 13.2 Å². The summed E-state index contributed by atoms with van der Waals surface area (Å²) in [7, 11) is -3.75. The number of para-hydroxylation sites is 1. The largest absolute Gasteiger partial charge is 0.460 e. The van der Waals surface area contributed by atoms with Crippen LogP contribution in [-0.2, 0) is 25.4 Å². The molecule has 1 unspecified atom stereocenters. The summed E-state index contributed by atoms with van der Waals surface area (Å²) in [5.41, 5.74) is 1.41. The van der Waals surface area contributed by atoms with Gasteiger partial charge in [0.2, 0.25) is 0 Å². The third-order valence-corrected chi connectivity index (χ3v) is 14.0. The molecule has 9 heteroatoms. The van der Waals surface area contributed by atoms with E-state index in [1.54, 1.807) is 12.1 Å². The fraction of sp³-hybridized carbons (Fsp3) is 0.212. The van der Waals surface area contributed by atoms with Gasteiger partial charge in [0.25, 0.3) is 0 Å². The Morgan fingerprint density at radius 2 is 1.40 bits per heavy atom. The molecule has 4 aromatic rings. The zero-order valence-electron chi connectivity index (χ0n) is 23.4. The zero-order chi connectivity index (χ0) is 29.4. The fourth-order valence-electron chi connectivity index (χ4n) is 5.19. The van der Waals surface area contributed by atoms with Gasteiger partial charge in [-0.1, -0.05) is 128 Å². The van der Waals surface area contributed by atoms with Crippen molar-refractivity contribution in [1.29, 1.82) is 0 Å². The molecule has 5 nitrogen and oxygen atoms in total. The third-order valence-electron chi connectivity index (χ3n) is 7.40. The normalized spacial score (nSPS) is 20.7. The Labute approximate surface area is 257 Å². The molecule has 1 N–H and O–H groups in total. The van der Waals surface area contributed by atoms with Crippen molar-refractivity contribution in [3.63, 3.8) is 0 Å². The van der Waals surface area contributed by atoms with E-state index in [2.05, 4.69) is 35.4 Å². The number of nitrogens with one attached hydrogen (secondary N) is 1. The van der Waals surface area contributed by atoms with Gasteiger partial charge in [-0.25, -0.2) is 0 Å². The summed E-state index contributed by atoms with van der Waals surface area (Å²) in [5.74, 6) is 1.20. The first-order chi connectivity index (χ1) is 20.2. The second-order valence-corrected chi connectivity index (χ2v) is 17.8. The summed E-state index contributed by atoms with van der Waals surface area (Å²) in [6, 6.07) is 35.3. The molecule has 4 aromatic carbocycles. The summed E-state index contributed by atoms with van der Waals surface area (Å²) < 4.78 is 33.2. The Hall–Kier alpha value is -2.53. The molecule has 0 aliphatic carbocycles. The van der Waals surface area contributed by atoms with Crippen LogP contribution >= 0.6 is 25.4 Å². The van der Waals surface area contributed by atoms with E-state index < -0.39 is 13.8 Å². The second kappa shape index (κ2) is 11.9. The maximum atomic E-state index is 14.5. The lowest BCUT2D eigenvalue weighted by Gasteiger charge is -2.38. The van der Waals surface area contributed by atoms with E-state index in [1.165, 1.54) is 0 Å². The molecule has 6 rings (SSSR count). The lowest BCUT2D eigenvalue weighted by molar-refractivity contribution is 0.0465. The van der Waals surface area contributed by atoms with Gasteiger partial charge in [-0.2, -0.15) is 0 Å². The fourth-order valence-corrected chi connectivity index (χ4v) is 11.2. The molecule has 2 aliphatic heterocycles. The molecular weight excluding hydrogens is 604 g/mol. The first-order valence-electron chi connectivity index (χ1n) is 13.8. The first-order valence-corrected chi connectivity index (χ1v) is 18.5. The third kappa shape index (κ3) is 5.96. The molecule has 216 valence electrons. The maximum absolute atomic E-state index is 14.5. The van der Waals surface area contributed by atoms with E-state index in [9.17, 15) is 4.57 Å². The number of hydrogen-bond donors (Lipinski definition) is 1. The van der Waals surface area contributed by atoms with Crippen molar-refractivity contribution in [2.24, 2.45) is 5.41 Å². The summed E-state index contributed by atoms with van der Waals surface area (Å²) in [4.78, 5) is 0. The molecule has 2 aliphatic rings. The van der Waals surface area contributed by atoms with E-state index in [4.69, 9.17) is 37.2 Å². The van der Waals surface area contributed by atoms with E-state index in [1.807, 2.05) is 80.6 Å². The van der Waals surface area contributed by atoms with Crippen molar-refractivity contribution < 1.29 is 18.3 Å². The number of halogens is 1. The summed E-state index contributed by atoms with van der Waals surface area (Å²) >= 11 is 12.8. The van der Waals surface area contributed by atoms with Crippen LogP contribution in [0, 0.1) is 5.41 Å². The average Bonchev–Trinajstić information content (AvgIpc) is 3.01. The van der Waals surface area contributed by atoms with Gasteiger partial charge in [0.05, 0.1) is 19.4 Å². The SMILES string of the molecule is CC1(C)COP(=O)(/C(=C2\CC(NP(=S)(c3ccccc3)c3ccccc3)c3ccccc3O2)c2ccc(Cl)cc2)OC1. The van der Waals surface area contributed by atoms with Crippen LogP contribution in [0.1, 0.15) is 37.4 Å². The van der Waals surface area contributed by atoms with Gasteiger partial charge in [0.1, 0.15) is 16.8 Å². The predicted molar refractivity (Wildman–Crippen MR) is 176 cm³/mol. The highest BCUT2D eigenvalue weighted by molar-refractivity contribution is 8.20. The Morgan fingerprint density at radius 1 is 0.857 bits per heavy atom. The van der Waals surface area contributed by atoms with Crippen LogP contribution in [0.15, 0.2) is 115 Å². The summed E-state index contributed by atoms with van der Waals surface area (Å²) in [5, 5.41) is 7.04. The standard InChI is InChI=1S/C33H32ClNO4P2S/c1-33(2)22-37-41(36,38-23-33)32(24-17-19-25(34)20-18-24)31-21-29(28-15-9-10-16-30(28)39-31)35-40(42,26-11-5-3-6-12-26)27-13-7-4-8-14-27/h3-20,29H,21-23H2,1-2H3,(H,35,42)/b32-31+. The number of fused-ring (bicyclic) bond motifs is 1. The molecule has 2 heterocycles. The molecule has 0 radical (unpaired) electrons. The Balaban J connectivity index is 1.50. The molecule has 0 bridgehead atoms. The molecule has 1 atom stereocenters. The van der Waals surface area contributed by atoms with E-state index in [-0.39, 0.29) is 11.5 Å². The van der Waals surface area contributed by atoms with Crippen LogP contribution in [0.25, 0.3) is 5.31 Å². The number of ether oxygens (including phenoxy) is 1. The monoisotopic (exact) mass is 635 g/mol.